The van der Waals surface area contributed by atoms with E-state index in [4.69, 9.17) is 0 Å². The standard InChI is InChI=1S/C19H19N5O/c1-11(2)16-9-13(17-12(3)23-24(4)19(17)22-16)18(25)14(10-20)15-7-5-6-8-21-15/h5-9,11,14H,1-4H3/t14-/m1/s1. The molecule has 3 rings (SSSR count). The van der Waals surface area contributed by atoms with Crippen LogP contribution in [-0.4, -0.2) is 25.5 Å². The highest BCUT2D eigenvalue weighted by atomic mass is 16.1. The average molecular weight is 333 g/mol. The molecule has 0 aliphatic carbocycles. The van der Waals surface area contributed by atoms with Gasteiger partial charge in [-0.05, 0) is 31.0 Å². The maximum absolute atomic E-state index is 13.2. The van der Waals surface area contributed by atoms with Gasteiger partial charge in [0.05, 0.1) is 22.8 Å². The quantitative estimate of drug-likeness (QED) is 0.684. The van der Waals surface area contributed by atoms with Gasteiger partial charge in [0.1, 0.15) is 0 Å². The second-order valence-electron chi connectivity index (χ2n) is 6.34. The van der Waals surface area contributed by atoms with E-state index in [-0.39, 0.29) is 11.7 Å². The van der Waals surface area contributed by atoms with Crippen LogP contribution in [0.25, 0.3) is 11.0 Å². The maximum atomic E-state index is 13.2. The number of nitrogens with zero attached hydrogens (tertiary/aromatic N) is 5. The van der Waals surface area contributed by atoms with Gasteiger partial charge in [0.25, 0.3) is 0 Å². The molecule has 3 heterocycles. The first-order chi connectivity index (χ1) is 11.9. The minimum atomic E-state index is -0.952. The molecule has 6 nitrogen and oxygen atoms in total. The molecule has 25 heavy (non-hydrogen) atoms. The predicted molar refractivity (Wildman–Crippen MR) is 94.3 cm³/mol. The molecule has 0 N–H and O–H groups in total. The molecule has 0 aromatic carbocycles. The van der Waals surface area contributed by atoms with Crippen molar-refractivity contribution in [2.24, 2.45) is 7.05 Å². The van der Waals surface area contributed by atoms with Crippen molar-refractivity contribution in [1.29, 1.82) is 5.26 Å². The van der Waals surface area contributed by atoms with Crippen molar-refractivity contribution < 1.29 is 4.79 Å². The molecule has 0 aliphatic rings. The summed E-state index contributed by atoms with van der Waals surface area (Å²) >= 11 is 0. The first-order valence-electron chi connectivity index (χ1n) is 8.13. The summed E-state index contributed by atoms with van der Waals surface area (Å²) in [6, 6.07) is 9.12. The van der Waals surface area contributed by atoms with E-state index in [2.05, 4.69) is 21.1 Å². The third-order valence-electron chi connectivity index (χ3n) is 4.22. The van der Waals surface area contributed by atoms with Crippen molar-refractivity contribution in [3.63, 3.8) is 0 Å². The number of fused-ring (bicyclic) bond motifs is 1. The van der Waals surface area contributed by atoms with Crippen LogP contribution in [0, 0.1) is 18.3 Å². The number of aromatic nitrogens is 4. The Kier molecular flexibility index (Phi) is 4.32. The number of carbonyl (C=O) groups is 1. The molecule has 0 spiro atoms. The summed E-state index contributed by atoms with van der Waals surface area (Å²) in [7, 11) is 1.81. The first-order valence-corrected chi connectivity index (χ1v) is 8.13. The van der Waals surface area contributed by atoms with E-state index in [0.717, 1.165) is 11.4 Å². The highest BCUT2D eigenvalue weighted by molar-refractivity contribution is 6.11. The smallest absolute Gasteiger partial charge is 0.186 e. The van der Waals surface area contributed by atoms with Crippen LogP contribution in [-0.2, 0) is 7.05 Å². The highest BCUT2D eigenvalue weighted by Gasteiger charge is 2.27. The van der Waals surface area contributed by atoms with E-state index in [9.17, 15) is 10.1 Å². The number of carbonyl (C=O) groups excluding carboxylic acids is 1. The summed E-state index contributed by atoms with van der Waals surface area (Å²) in [6.07, 6.45) is 1.59. The fourth-order valence-corrected chi connectivity index (χ4v) is 2.92. The van der Waals surface area contributed by atoms with Gasteiger partial charge in [-0.2, -0.15) is 10.4 Å². The lowest BCUT2D eigenvalue weighted by atomic mass is 9.92. The van der Waals surface area contributed by atoms with Gasteiger partial charge in [-0.1, -0.05) is 19.9 Å². The number of hydrogen-bond donors (Lipinski definition) is 0. The second-order valence-corrected chi connectivity index (χ2v) is 6.34. The van der Waals surface area contributed by atoms with E-state index in [1.807, 2.05) is 20.8 Å². The van der Waals surface area contributed by atoms with Crippen molar-refractivity contribution in [1.82, 2.24) is 19.7 Å². The molecule has 1 atom stereocenters. The molecule has 126 valence electrons. The van der Waals surface area contributed by atoms with Gasteiger partial charge in [-0.15, -0.1) is 0 Å². The average Bonchev–Trinajstić information content (AvgIpc) is 2.90. The Morgan fingerprint density at radius 3 is 2.64 bits per heavy atom. The lowest BCUT2D eigenvalue weighted by Gasteiger charge is -2.12. The van der Waals surface area contributed by atoms with Gasteiger partial charge in [0.2, 0.25) is 0 Å². The summed E-state index contributed by atoms with van der Waals surface area (Å²) in [5.74, 6) is -1.07. The lowest BCUT2D eigenvalue weighted by molar-refractivity contribution is 0.0979. The molecule has 6 heteroatoms. The summed E-state index contributed by atoms with van der Waals surface area (Å²) in [4.78, 5) is 22.0. The Bertz CT molecular complexity index is 982. The van der Waals surface area contributed by atoms with Crippen molar-refractivity contribution in [3.05, 3.63) is 53.1 Å². The van der Waals surface area contributed by atoms with Gasteiger partial charge in [0.15, 0.2) is 17.3 Å². The molecule has 0 fully saturated rings. The first kappa shape index (κ1) is 16.8. The van der Waals surface area contributed by atoms with Crippen molar-refractivity contribution in [2.75, 3.05) is 0 Å². The summed E-state index contributed by atoms with van der Waals surface area (Å²) in [5, 5.41) is 14.7. The van der Waals surface area contributed by atoms with Gasteiger partial charge < -0.3 is 0 Å². The zero-order valence-corrected chi connectivity index (χ0v) is 14.7. The Labute approximate surface area is 146 Å². The van der Waals surface area contributed by atoms with Gasteiger partial charge >= 0.3 is 0 Å². The molecule has 0 aliphatic heterocycles. The van der Waals surface area contributed by atoms with E-state index in [1.54, 1.807) is 42.2 Å². The van der Waals surface area contributed by atoms with Crippen molar-refractivity contribution >= 4 is 16.8 Å². The number of ketones is 1. The summed E-state index contributed by atoms with van der Waals surface area (Å²) in [6.45, 7) is 5.89. The topological polar surface area (TPSA) is 84.5 Å². The largest absolute Gasteiger partial charge is 0.292 e. The third-order valence-corrected chi connectivity index (χ3v) is 4.22. The zero-order chi connectivity index (χ0) is 18.1. The molecule has 3 aromatic heterocycles. The fraction of sp³-hybridized carbons (Fsp3) is 0.316. The number of aryl methyl sites for hydroxylation is 2. The van der Waals surface area contributed by atoms with Crippen LogP contribution >= 0.6 is 0 Å². The van der Waals surface area contributed by atoms with E-state index in [0.29, 0.717) is 22.3 Å². The SMILES string of the molecule is Cc1nn(C)c2nc(C(C)C)cc(C(=O)[C@H](C#N)c3ccccn3)c12. The molecule has 3 aromatic rings. The molecule has 0 saturated carbocycles. The Morgan fingerprint density at radius 1 is 1.28 bits per heavy atom. The van der Waals surface area contributed by atoms with Crippen LogP contribution in [0.4, 0.5) is 0 Å². The summed E-state index contributed by atoms with van der Waals surface area (Å²) < 4.78 is 1.68. The van der Waals surface area contributed by atoms with Crippen molar-refractivity contribution in [3.8, 4) is 6.07 Å². The molecular formula is C19H19N5O. The molecule has 0 unspecified atom stereocenters. The minimum absolute atomic E-state index is 0.154. The minimum Gasteiger partial charge on any atom is -0.292 e. The fourth-order valence-electron chi connectivity index (χ4n) is 2.92. The number of pyridine rings is 2. The van der Waals surface area contributed by atoms with Crippen LogP contribution < -0.4 is 0 Å². The molecule has 0 saturated heterocycles. The van der Waals surface area contributed by atoms with E-state index < -0.39 is 5.92 Å². The normalized spacial score (nSPS) is 12.3. The molecular weight excluding hydrogens is 314 g/mol. The number of nitriles is 1. The number of Topliss-reactive ketones (excluding diaryl/α,β-unsaturated/α-hetero) is 1. The van der Waals surface area contributed by atoms with Crippen LogP contribution in [0.2, 0.25) is 0 Å². The van der Waals surface area contributed by atoms with Gasteiger partial charge in [-0.25, -0.2) is 4.98 Å². The van der Waals surface area contributed by atoms with Crippen molar-refractivity contribution in [2.45, 2.75) is 32.6 Å². The van der Waals surface area contributed by atoms with Crippen LogP contribution in [0.15, 0.2) is 30.5 Å². The summed E-state index contributed by atoms with van der Waals surface area (Å²) in [5.41, 5.74) is 3.12. The van der Waals surface area contributed by atoms with Gasteiger partial charge in [0, 0.05) is 24.5 Å². The van der Waals surface area contributed by atoms with Crippen LogP contribution in [0.1, 0.15) is 53.1 Å². The Morgan fingerprint density at radius 2 is 2.04 bits per heavy atom. The maximum Gasteiger partial charge on any atom is 0.186 e. The van der Waals surface area contributed by atoms with E-state index >= 15 is 0 Å². The number of hydrogen-bond acceptors (Lipinski definition) is 5. The Balaban J connectivity index is 2.23. The zero-order valence-electron chi connectivity index (χ0n) is 14.7. The van der Waals surface area contributed by atoms with Gasteiger partial charge in [-0.3, -0.25) is 14.5 Å². The molecule has 0 amide bonds. The Hall–Kier alpha value is -3.07. The monoisotopic (exact) mass is 333 g/mol. The highest BCUT2D eigenvalue weighted by Crippen LogP contribution is 2.29. The second kappa shape index (κ2) is 6.44. The van der Waals surface area contributed by atoms with Crippen LogP contribution in [0.3, 0.4) is 0 Å². The predicted octanol–water partition coefficient (Wildman–Crippen LogP) is 3.29. The molecule has 0 radical (unpaired) electrons. The van der Waals surface area contributed by atoms with E-state index in [1.165, 1.54) is 0 Å². The van der Waals surface area contributed by atoms with Crippen LogP contribution in [0.5, 0.6) is 0 Å². The molecule has 0 bridgehead atoms. The lowest BCUT2D eigenvalue weighted by Crippen LogP contribution is -2.14. The number of rotatable bonds is 4. The third kappa shape index (κ3) is 2.89.